The molecule has 6 heteroatoms. The summed E-state index contributed by atoms with van der Waals surface area (Å²) in [5.74, 6) is -0.0891. The van der Waals surface area contributed by atoms with Gasteiger partial charge in [0.1, 0.15) is 5.52 Å². The number of thiazole rings is 1. The lowest BCUT2D eigenvalue weighted by atomic mass is 9.96. The Balaban J connectivity index is 2.40. The zero-order valence-corrected chi connectivity index (χ0v) is 12.5. The van der Waals surface area contributed by atoms with Crippen LogP contribution in [0.4, 0.5) is 5.13 Å². The van der Waals surface area contributed by atoms with E-state index in [1.54, 1.807) is 12.1 Å². The van der Waals surface area contributed by atoms with Crippen LogP contribution >= 0.6 is 34.5 Å². The lowest BCUT2D eigenvalue weighted by Gasteiger charge is -2.15. The van der Waals surface area contributed by atoms with Crippen LogP contribution in [0.5, 0.6) is 0 Å². The smallest absolute Gasteiger partial charge is 0.231 e. The van der Waals surface area contributed by atoms with E-state index in [-0.39, 0.29) is 5.91 Å². The first-order valence-electron chi connectivity index (χ1n) is 5.35. The molecule has 0 saturated heterocycles. The molecule has 0 aliphatic rings. The number of nitrogens with zero attached hydrogens (tertiary/aromatic N) is 1. The van der Waals surface area contributed by atoms with Crippen LogP contribution in [0.2, 0.25) is 10.0 Å². The normalized spacial score (nSPS) is 11.8. The lowest BCUT2D eigenvalue weighted by Crippen LogP contribution is -2.27. The first-order valence-corrected chi connectivity index (χ1v) is 6.92. The molecule has 18 heavy (non-hydrogen) atoms. The summed E-state index contributed by atoms with van der Waals surface area (Å²) in [5.41, 5.74) is 0.157. The topological polar surface area (TPSA) is 42.0 Å². The van der Waals surface area contributed by atoms with Gasteiger partial charge in [0, 0.05) is 5.41 Å². The van der Waals surface area contributed by atoms with Crippen molar-refractivity contribution < 1.29 is 4.79 Å². The van der Waals surface area contributed by atoms with E-state index < -0.39 is 5.41 Å². The van der Waals surface area contributed by atoms with E-state index in [0.29, 0.717) is 20.7 Å². The van der Waals surface area contributed by atoms with Crippen molar-refractivity contribution in [3.05, 3.63) is 22.2 Å². The molecule has 0 aliphatic heterocycles. The van der Waals surface area contributed by atoms with Crippen molar-refractivity contribution in [2.45, 2.75) is 20.8 Å². The fourth-order valence-electron chi connectivity index (χ4n) is 1.28. The van der Waals surface area contributed by atoms with E-state index in [1.165, 1.54) is 11.3 Å². The Morgan fingerprint density at radius 3 is 2.44 bits per heavy atom. The zero-order valence-electron chi connectivity index (χ0n) is 10.2. The summed E-state index contributed by atoms with van der Waals surface area (Å²) >= 11 is 13.4. The fourth-order valence-corrected chi connectivity index (χ4v) is 2.70. The summed E-state index contributed by atoms with van der Waals surface area (Å²) in [6.07, 6.45) is 0. The molecule has 0 spiro atoms. The first kappa shape index (κ1) is 13.6. The molecule has 0 unspecified atom stereocenters. The quantitative estimate of drug-likeness (QED) is 0.837. The van der Waals surface area contributed by atoms with Crippen LogP contribution in [0.3, 0.4) is 0 Å². The number of halogens is 2. The molecule has 2 rings (SSSR count). The molecule has 0 saturated carbocycles. The molecule has 0 atom stereocenters. The Kier molecular flexibility index (Phi) is 3.54. The number of hydrogen-bond donors (Lipinski definition) is 1. The Morgan fingerprint density at radius 1 is 1.28 bits per heavy atom. The summed E-state index contributed by atoms with van der Waals surface area (Å²) in [4.78, 5) is 16.2. The van der Waals surface area contributed by atoms with Gasteiger partial charge in [0.05, 0.1) is 14.7 Å². The van der Waals surface area contributed by atoms with Crippen LogP contribution < -0.4 is 5.32 Å². The van der Waals surface area contributed by atoms with Gasteiger partial charge in [-0.25, -0.2) is 4.98 Å². The van der Waals surface area contributed by atoms with Crippen molar-refractivity contribution in [2.75, 3.05) is 5.32 Å². The van der Waals surface area contributed by atoms with Crippen LogP contribution in [0.1, 0.15) is 20.8 Å². The predicted octanol–water partition coefficient (Wildman–Crippen LogP) is 4.59. The average Bonchev–Trinajstić information content (AvgIpc) is 2.67. The second kappa shape index (κ2) is 4.68. The minimum absolute atomic E-state index is 0.0891. The van der Waals surface area contributed by atoms with Gasteiger partial charge in [-0.1, -0.05) is 55.3 Å². The molecule has 1 aromatic carbocycles. The number of amides is 1. The highest BCUT2D eigenvalue weighted by atomic mass is 35.5. The molecule has 1 heterocycles. The van der Waals surface area contributed by atoms with Gasteiger partial charge in [-0.2, -0.15) is 0 Å². The van der Waals surface area contributed by atoms with E-state index in [2.05, 4.69) is 10.3 Å². The molecule has 0 radical (unpaired) electrons. The van der Waals surface area contributed by atoms with E-state index in [0.717, 1.165) is 4.70 Å². The molecule has 1 aromatic heterocycles. The summed E-state index contributed by atoms with van der Waals surface area (Å²) < 4.78 is 0.786. The van der Waals surface area contributed by atoms with E-state index in [4.69, 9.17) is 23.2 Å². The second-order valence-electron chi connectivity index (χ2n) is 4.93. The number of rotatable bonds is 1. The van der Waals surface area contributed by atoms with Crippen molar-refractivity contribution in [1.82, 2.24) is 4.98 Å². The number of aromatic nitrogens is 1. The number of anilines is 1. The minimum Gasteiger partial charge on any atom is -0.301 e. The van der Waals surface area contributed by atoms with Crippen LogP contribution in [-0.2, 0) is 4.79 Å². The number of carbonyl (C=O) groups is 1. The van der Waals surface area contributed by atoms with E-state index in [9.17, 15) is 4.79 Å². The van der Waals surface area contributed by atoms with Crippen LogP contribution in [0.15, 0.2) is 12.1 Å². The number of nitrogens with one attached hydrogen (secondary N) is 1. The zero-order chi connectivity index (χ0) is 13.5. The van der Waals surface area contributed by atoms with Gasteiger partial charge >= 0.3 is 0 Å². The number of benzene rings is 1. The Bertz CT molecular complexity index is 577. The molecule has 1 N–H and O–H groups in total. The molecule has 0 aliphatic carbocycles. The fraction of sp³-hybridized carbons (Fsp3) is 0.333. The predicted molar refractivity (Wildman–Crippen MR) is 77.7 cm³/mol. The van der Waals surface area contributed by atoms with Crippen LogP contribution in [-0.4, -0.2) is 10.9 Å². The largest absolute Gasteiger partial charge is 0.301 e. The Hall–Kier alpha value is -0.840. The minimum atomic E-state index is -0.467. The first-order chi connectivity index (χ1) is 8.29. The maximum atomic E-state index is 11.9. The Morgan fingerprint density at radius 2 is 1.89 bits per heavy atom. The van der Waals surface area contributed by atoms with Crippen LogP contribution in [0, 0.1) is 5.41 Å². The second-order valence-corrected chi connectivity index (χ2v) is 6.74. The highest BCUT2D eigenvalue weighted by Crippen LogP contribution is 2.36. The molecular formula is C12H12Cl2N2OS. The molecule has 1 amide bonds. The lowest BCUT2D eigenvalue weighted by molar-refractivity contribution is -0.123. The molecule has 96 valence electrons. The van der Waals surface area contributed by atoms with Gasteiger partial charge in [0.2, 0.25) is 5.91 Å². The molecule has 2 aromatic rings. The van der Waals surface area contributed by atoms with E-state index in [1.807, 2.05) is 20.8 Å². The summed E-state index contributed by atoms with van der Waals surface area (Å²) in [6.45, 7) is 5.53. The monoisotopic (exact) mass is 302 g/mol. The van der Waals surface area contributed by atoms with Crippen molar-refractivity contribution in [1.29, 1.82) is 0 Å². The average molecular weight is 303 g/mol. The summed E-state index contributed by atoms with van der Waals surface area (Å²) in [5, 5.41) is 4.41. The third-order valence-corrected chi connectivity index (χ3v) is 4.08. The van der Waals surface area contributed by atoms with Gasteiger partial charge in [0.25, 0.3) is 0 Å². The number of carbonyl (C=O) groups excluding carboxylic acids is 1. The Labute approximate surface area is 119 Å². The summed E-state index contributed by atoms with van der Waals surface area (Å²) in [6, 6.07) is 3.42. The third-order valence-electron chi connectivity index (χ3n) is 2.35. The van der Waals surface area contributed by atoms with Gasteiger partial charge in [0.15, 0.2) is 5.13 Å². The van der Waals surface area contributed by atoms with Gasteiger partial charge in [-0.15, -0.1) is 0 Å². The van der Waals surface area contributed by atoms with E-state index >= 15 is 0 Å². The van der Waals surface area contributed by atoms with Crippen molar-refractivity contribution in [3.63, 3.8) is 0 Å². The van der Waals surface area contributed by atoms with Gasteiger partial charge in [-0.3, -0.25) is 4.79 Å². The van der Waals surface area contributed by atoms with Gasteiger partial charge in [-0.05, 0) is 12.1 Å². The highest BCUT2D eigenvalue weighted by molar-refractivity contribution is 7.23. The standard InChI is InChI=1S/C12H12Cl2N2OS/c1-12(2,3)10(17)16-11-15-8-6(13)4-5-7(14)9(8)18-11/h4-5H,1-3H3,(H,15,16,17). The molecule has 3 nitrogen and oxygen atoms in total. The summed E-state index contributed by atoms with van der Waals surface area (Å²) in [7, 11) is 0. The van der Waals surface area contributed by atoms with Gasteiger partial charge < -0.3 is 5.32 Å². The van der Waals surface area contributed by atoms with Crippen molar-refractivity contribution >= 4 is 55.8 Å². The molecule has 0 bridgehead atoms. The van der Waals surface area contributed by atoms with Crippen molar-refractivity contribution in [2.24, 2.45) is 5.41 Å². The molecule has 0 fully saturated rings. The maximum Gasteiger partial charge on any atom is 0.231 e. The number of hydrogen-bond acceptors (Lipinski definition) is 3. The third kappa shape index (κ3) is 2.60. The maximum absolute atomic E-state index is 11.9. The van der Waals surface area contributed by atoms with Crippen LogP contribution in [0.25, 0.3) is 10.2 Å². The SMILES string of the molecule is CC(C)(C)C(=O)Nc1nc2c(Cl)ccc(Cl)c2s1. The van der Waals surface area contributed by atoms with Crippen molar-refractivity contribution in [3.8, 4) is 0 Å². The number of fused-ring (bicyclic) bond motifs is 1. The highest BCUT2D eigenvalue weighted by Gasteiger charge is 2.22. The molecular weight excluding hydrogens is 291 g/mol.